The first-order valence-corrected chi connectivity index (χ1v) is 7.88. The second-order valence-electron chi connectivity index (χ2n) is 5.81. The lowest BCUT2D eigenvalue weighted by atomic mass is 10.3. The van der Waals surface area contributed by atoms with E-state index in [-0.39, 0.29) is 0 Å². The molecule has 0 spiro atoms. The molecule has 0 aliphatic carbocycles. The third-order valence-electron chi connectivity index (χ3n) is 4.26. The molecule has 120 valence electrons. The Morgan fingerprint density at radius 1 is 1.17 bits per heavy atom. The number of imidazole rings is 1. The first-order chi connectivity index (χ1) is 11.7. The molecule has 4 rings (SSSR count). The highest BCUT2D eigenvalue weighted by Crippen LogP contribution is 2.17. The first kappa shape index (κ1) is 14.5. The lowest BCUT2D eigenvalue weighted by Gasteiger charge is -2.07. The van der Waals surface area contributed by atoms with Crippen molar-refractivity contribution < 1.29 is 4.42 Å². The number of hydrogen-bond acceptors (Lipinski definition) is 3. The highest BCUT2D eigenvalue weighted by atomic mass is 16.3. The highest BCUT2D eigenvalue weighted by Gasteiger charge is 2.09. The van der Waals surface area contributed by atoms with Gasteiger partial charge in [-0.25, -0.2) is 9.66 Å². The number of fused-ring (bicyclic) bond motifs is 1. The van der Waals surface area contributed by atoms with Crippen molar-refractivity contribution in [3.63, 3.8) is 0 Å². The summed E-state index contributed by atoms with van der Waals surface area (Å²) >= 11 is 0. The van der Waals surface area contributed by atoms with E-state index in [4.69, 9.17) is 4.42 Å². The summed E-state index contributed by atoms with van der Waals surface area (Å²) in [6.07, 6.45) is 5.33. The number of para-hydroxylation sites is 2. The number of benzene rings is 1. The van der Waals surface area contributed by atoms with E-state index in [1.807, 2.05) is 42.6 Å². The van der Waals surface area contributed by atoms with Crippen molar-refractivity contribution in [3.05, 3.63) is 77.8 Å². The summed E-state index contributed by atoms with van der Waals surface area (Å²) in [5.74, 6) is 0.945. The average molecular weight is 318 g/mol. The van der Waals surface area contributed by atoms with E-state index in [1.54, 1.807) is 17.3 Å². The van der Waals surface area contributed by atoms with Crippen LogP contribution in [-0.2, 0) is 6.54 Å². The molecule has 4 aromatic rings. The molecule has 0 aliphatic rings. The van der Waals surface area contributed by atoms with E-state index in [0.717, 1.165) is 34.6 Å². The zero-order valence-corrected chi connectivity index (χ0v) is 13.7. The summed E-state index contributed by atoms with van der Waals surface area (Å²) in [6, 6.07) is 14.0. The van der Waals surface area contributed by atoms with Crippen molar-refractivity contribution in [2.45, 2.75) is 20.4 Å². The lowest BCUT2D eigenvalue weighted by Crippen LogP contribution is -2.03. The predicted octanol–water partition coefficient (Wildman–Crippen LogP) is 3.98. The Bertz CT molecular complexity index is 1010. The summed E-state index contributed by atoms with van der Waals surface area (Å²) in [5, 5.41) is 4.57. The van der Waals surface area contributed by atoms with Crippen LogP contribution in [0.15, 0.2) is 64.6 Å². The van der Waals surface area contributed by atoms with Gasteiger partial charge in [0.1, 0.15) is 12.1 Å². The zero-order chi connectivity index (χ0) is 16.5. The normalized spacial score (nSPS) is 11.8. The summed E-state index contributed by atoms with van der Waals surface area (Å²) in [6.45, 7) is 4.93. The highest BCUT2D eigenvalue weighted by molar-refractivity contribution is 5.83. The van der Waals surface area contributed by atoms with Crippen LogP contribution >= 0.6 is 0 Å². The number of nitrogens with zero attached hydrogens (tertiary/aromatic N) is 4. The average Bonchev–Trinajstić information content (AvgIpc) is 3.30. The molecule has 0 fully saturated rings. The third kappa shape index (κ3) is 2.54. The number of furan rings is 1. The topological polar surface area (TPSA) is 48.2 Å². The van der Waals surface area contributed by atoms with Gasteiger partial charge in [-0.05, 0) is 44.2 Å². The maximum Gasteiger partial charge on any atom is 0.123 e. The Morgan fingerprint density at radius 3 is 2.88 bits per heavy atom. The van der Waals surface area contributed by atoms with E-state index < -0.39 is 0 Å². The fraction of sp³-hybridized carbons (Fsp3) is 0.158. The van der Waals surface area contributed by atoms with Crippen LogP contribution in [0.2, 0.25) is 0 Å². The molecule has 24 heavy (non-hydrogen) atoms. The van der Waals surface area contributed by atoms with Crippen LogP contribution < -0.4 is 0 Å². The molecule has 1 aromatic carbocycles. The smallest absolute Gasteiger partial charge is 0.123 e. The molecule has 5 heteroatoms. The summed E-state index contributed by atoms with van der Waals surface area (Å²) < 4.78 is 9.48. The van der Waals surface area contributed by atoms with Crippen molar-refractivity contribution in [2.75, 3.05) is 0 Å². The van der Waals surface area contributed by atoms with Gasteiger partial charge >= 0.3 is 0 Å². The van der Waals surface area contributed by atoms with Crippen molar-refractivity contribution in [1.29, 1.82) is 0 Å². The maximum absolute atomic E-state index is 5.46. The molecule has 5 nitrogen and oxygen atoms in total. The second kappa shape index (κ2) is 5.85. The largest absolute Gasteiger partial charge is 0.467 e. The standard InChI is InChI=1S/C19H18N4O/c1-14-10-16(15(2)22(14)12-17-6-5-9-24-17)11-21-23-13-20-18-7-3-4-8-19(18)23/h3-11,13H,12H2,1-2H3/b21-11-. The molecule has 0 bridgehead atoms. The molecule has 0 unspecified atom stereocenters. The third-order valence-corrected chi connectivity index (χ3v) is 4.26. The molecule has 0 saturated carbocycles. The van der Waals surface area contributed by atoms with Gasteiger partial charge in [0, 0.05) is 17.0 Å². The van der Waals surface area contributed by atoms with E-state index in [2.05, 4.69) is 34.6 Å². The van der Waals surface area contributed by atoms with E-state index in [9.17, 15) is 0 Å². The van der Waals surface area contributed by atoms with Gasteiger partial charge in [0.2, 0.25) is 0 Å². The van der Waals surface area contributed by atoms with Crippen molar-refractivity contribution in [2.24, 2.45) is 5.10 Å². The van der Waals surface area contributed by atoms with Gasteiger partial charge in [-0.2, -0.15) is 5.10 Å². The first-order valence-electron chi connectivity index (χ1n) is 7.88. The van der Waals surface area contributed by atoms with Crippen LogP contribution in [0.5, 0.6) is 0 Å². The summed E-state index contributed by atoms with van der Waals surface area (Å²) in [7, 11) is 0. The quantitative estimate of drug-likeness (QED) is 0.534. The van der Waals surface area contributed by atoms with Gasteiger partial charge in [-0.3, -0.25) is 0 Å². The van der Waals surface area contributed by atoms with Crippen LogP contribution in [-0.4, -0.2) is 20.4 Å². The van der Waals surface area contributed by atoms with E-state index in [1.165, 1.54) is 5.69 Å². The number of hydrogen-bond donors (Lipinski definition) is 0. The SMILES string of the molecule is Cc1cc(/C=N\n2cnc3ccccc32)c(C)n1Cc1ccco1. The number of aromatic nitrogens is 3. The predicted molar refractivity (Wildman–Crippen MR) is 94.4 cm³/mol. The number of rotatable bonds is 4. The minimum absolute atomic E-state index is 0.729. The minimum atomic E-state index is 0.729. The fourth-order valence-corrected chi connectivity index (χ4v) is 2.92. The molecule has 0 N–H and O–H groups in total. The number of aryl methyl sites for hydroxylation is 1. The van der Waals surface area contributed by atoms with Crippen LogP contribution in [0, 0.1) is 13.8 Å². The molecule has 0 aliphatic heterocycles. The van der Waals surface area contributed by atoms with Gasteiger partial charge in [0.05, 0.1) is 30.1 Å². The maximum atomic E-state index is 5.46. The Kier molecular flexibility index (Phi) is 3.54. The Hall–Kier alpha value is -3.08. The van der Waals surface area contributed by atoms with Crippen molar-refractivity contribution in [1.82, 2.24) is 14.2 Å². The van der Waals surface area contributed by atoms with Crippen molar-refractivity contribution in [3.8, 4) is 0 Å². The molecule has 0 radical (unpaired) electrons. The van der Waals surface area contributed by atoms with Crippen LogP contribution in [0.4, 0.5) is 0 Å². The minimum Gasteiger partial charge on any atom is -0.467 e. The van der Waals surface area contributed by atoms with Gasteiger partial charge < -0.3 is 8.98 Å². The molecule has 3 heterocycles. The Labute approximate surface area is 139 Å². The van der Waals surface area contributed by atoms with Gasteiger partial charge in [0.15, 0.2) is 0 Å². The van der Waals surface area contributed by atoms with Crippen molar-refractivity contribution >= 4 is 17.2 Å². The molecule has 0 saturated heterocycles. The van der Waals surface area contributed by atoms with E-state index >= 15 is 0 Å². The summed E-state index contributed by atoms with van der Waals surface area (Å²) in [5.41, 5.74) is 5.38. The molecular weight excluding hydrogens is 300 g/mol. The lowest BCUT2D eigenvalue weighted by molar-refractivity contribution is 0.489. The van der Waals surface area contributed by atoms with Gasteiger partial charge in [0.25, 0.3) is 0 Å². The van der Waals surface area contributed by atoms with Crippen LogP contribution in [0.1, 0.15) is 22.7 Å². The second-order valence-corrected chi connectivity index (χ2v) is 5.81. The van der Waals surface area contributed by atoms with Gasteiger partial charge in [-0.1, -0.05) is 12.1 Å². The van der Waals surface area contributed by atoms with Gasteiger partial charge in [-0.15, -0.1) is 0 Å². The van der Waals surface area contributed by atoms with Crippen LogP contribution in [0.25, 0.3) is 11.0 Å². The molecule has 3 aromatic heterocycles. The van der Waals surface area contributed by atoms with Crippen LogP contribution in [0.3, 0.4) is 0 Å². The molecule has 0 atom stereocenters. The monoisotopic (exact) mass is 318 g/mol. The Balaban J connectivity index is 1.65. The van der Waals surface area contributed by atoms with E-state index in [0.29, 0.717) is 0 Å². The molecular formula is C19H18N4O. The summed E-state index contributed by atoms with van der Waals surface area (Å²) in [4.78, 5) is 4.36. The molecule has 0 amide bonds. The Morgan fingerprint density at radius 2 is 2.04 bits per heavy atom. The zero-order valence-electron chi connectivity index (χ0n) is 13.7. The fourth-order valence-electron chi connectivity index (χ4n) is 2.92.